The maximum absolute atomic E-state index is 2.47. The molecule has 268 valence electrons. The highest BCUT2D eigenvalue weighted by Crippen LogP contribution is 2.48. The predicted molar refractivity (Wildman–Crippen MR) is 251 cm³/mol. The Kier molecular flexibility index (Phi) is 7.33. The van der Waals surface area contributed by atoms with Crippen LogP contribution in [-0.2, 0) is 0 Å². The molecule has 58 heavy (non-hydrogen) atoms. The van der Waals surface area contributed by atoms with Crippen LogP contribution in [0.2, 0.25) is 0 Å². The van der Waals surface area contributed by atoms with E-state index in [0.717, 1.165) is 0 Å². The normalized spacial score (nSPS) is 11.8. The SMILES string of the molecule is c1ccc(-c2c3ccccc3c(-c3cccc4cc5ccc6c(-c7c8ccccc8c(-c8ccccc8)c8ccccc78)cccc6c5cc34)c3ccccc23)cc1. The lowest BCUT2D eigenvalue weighted by molar-refractivity contribution is 1.66. The molecule has 0 heteroatoms. The van der Waals surface area contributed by atoms with Gasteiger partial charge < -0.3 is 0 Å². The van der Waals surface area contributed by atoms with Crippen molar-refractivity contribution in [2.75, 3.05) is 0 Å². The summed E-state index contributed by atoms with van der Waals surface area (Å²) >= 11 is 0. The maximum Gasteiger partial charge on any atom is -0.00201 e. The molecule has 0 aliphatic carbocycles. The van der Waals surface area contributed by atoms with Crippen LogP contribution in [-0.4, -0.2) is 0 Å². The molecule has 0 nitrogen and oxygen atoms in total. The predicted octanol–water partition coefficient (Wildman–Crippen LogP) is 16.4. The quantitative estimate of drug-likeness (QED) is 0.125. The lowest BCUT2D eigenvalue weighted by Crippen LogP contribution is -1.92. The lowest BCUT2D eigenvalue weighted by Gasteiger charge is -2.20. The molecule has 0 spiro atoms. The van der Waals surface area contributed by atoms with E-state index in [1.54, 1.807) is 0 Å². The summed E-state index contributed by atoms with van der Waals surface area (Å²) in [6.45, 7) is 0. The molecule has 0 atom stereocenters. The molecule has 0 fully saturated rings. The van der Waals surface area contributed by atoms with Gasteiger partial charge in [0.15, 0.2) is 0 Å². The van der Waals surface area contributed by atoms with Gasteiger partial charge in [0.1, 0.15) is 0 Å². The molecule has 0 amide bonds. The van der Waals surface area contributed by atoms with E-state index in [2.05, 4.69) is 218 Å². The first-order chi connectivity index (χ1) is 28.8. The van der Waals surface area contributed by atoms with Crippen molar-refractivity contribution >= 4 is 75.4 Å². The second kappa shape index (κ2) is 13.0. The molecule has 12 aromatic rings. The van der Waals surface area contributed by atoms with Crippen LogP contribution in [0.25, 0.3) is 120 Å². The fraction of sp³-hybridized carbons (Fsp3) is 0. The van der Waals surface area contributed by atoms with Crippen molar-refractivity contribution in [2.45, 2.75) is 0 Å². The molecule has 0 aromatic heterocycles. The molecule has 0 N–H and O–H groups in total. The summed E-state index contributed by atoms with van der Waals surface area (Å²) in [5.41, 5.74) is 10.1. The number of benzene rings is 12. The van der Waals surface area contributed by atoms with Crippen LogP contribution in [0.4, 0.5) is 0 Å². The van der Waals surface area contributed by atoms with Gasteiger partial charge in [0.2, 0.25) is 0 Å². The summed E-state index contributed by atoms with van der Waals surface area (Å²) in [4.78, 5) is 0. The van der Waals surface area contributed by atoms with E-state index in [1.807, 2.05) is 0 Å². The molecule has 0 aliphatic rings. The smallest absolute Gasteiger partial charge is 0.00201 e. The third kappa shape index (κ3) is 4.89. The highest BCUT2D eigenvalue weighted by Gasteiger charge is 2.20. The van der Waals surface area contributed by atoms with Crippen LogP contribution in [0.3, 0.4) is 0 Å². The van der Waals surface area contributed by atoms with Crippen molar-refractivity contribution < 1.29 is 0 Å². The van der Waals surface area contributed by atoms with Gasteiger partial charge in [-0.15, -0.1) is 0 Å². The number of fused-ring (bicyclic) bond motifs is 8. The third-order valence-corrected chi connectivity index (χ3v) is 12.4. The van der Waals surface area contributed by atoms with Gasteiger partial charge in [0, 0.05) is 0 Å². The van der Waals surface area contributed by atoms with E-state index in [-0.39, 0.29) is 0 Å². The van der Waals surface area contributed by atoms with Crippen LogP contribution in [0.5, 0.6) is 0 Å². The van der Waals surface area contributed by atoms with Crippen molar-refractivity contribution in [3.63, 3.8) is 0 Å². The Morgan fingerprint density at radius 3 is 1.00 bits per heavy atom. The highest BCUT2D eigenvalue weighted by molar-refractivity contribution is 6.27. The minimum absolute atomic E-state index is 1.24. The van der Waals surface area contributed by atoms with E-state index in [1.165, 1.54) is 120 Å². The standard InChI is InChI=1S/C58H36/c1-3-17-37(18-4-1)55-44-22-7-11-26-48(44)57(49-27-12-8-23-45(49)55)43-32-16-30-41-42(43)34-33-40-35-39-21-15-31-52(54(39)36-53(40)41)58-50-28-13-9-24-46(50)56(38-19-5-2-6-20-38)47-25-10-14-29-51(47)58/h1-36H. The Bertz CT molecular complexity index is 3480. The minimum Gasteiger partial charge on any atom is -0.0622 e. The fourth-order valence-corrected chi connectivity index (χ4v) is 9.97. The van der Waals surface area contributed by atoms with Crippen molar-refractivity contribution in [1.29, 1.82) is 0 Å². The Morgan fingerprint density at radius 2 is 0.534 bits per heavy atom. The first-order valence-electron chi connectivity index (χ1n) is 20.2. The van der Waals surface area contributed by atoms with E-state index in [0.29, 0.717) is 0 Å². The zero-order chi connectivity index (χ0) is 38.2. The molecule has 12 aromatic carbocycles. The van der Waals surface area contributed by atoms with Crippen LogP contribution in [0.15, 0.2) is 218 Å². The van der Waals surface area contributed by atoms with Gasteiger partial charge in [-0.1, -0.05) is 206 Å². The van der Waals surface area contributed by atoms with Gasteiger partial charge in [-0.05, 0) is 132 Å². The second-order valence-electron chi connectivity index (χ2n) is 15.5. The average molecular weight is 733 g/mol. The van der Waals surface area contributed by atoms with Crippen molar-refractivity contribution in [3.05, 3.63) is 218 Å². The number of hydrogen-bond donors (Lipinski definition) is 0. The van der Waals surface area contributed by atoms with E-state index >= 15 is 0 Å². The summed E-state index contributed by atoms with van der Waals surface area (Å²) in [5, 5.41) is 17.7. The molecule has 0 unspecified atom stereocenters. The molecule has 0 heterocycles. The summed E-state index contributed by atoms with van der Waals surface area (Å²) < 4.78 is 0. The van der Waals surface area contributed by atoms with Gasteiger partial charge in [-0.3, -0.25) is 0 Å². The van der Waals surface area contributed by atoms with E-state index in [4.69, 9.17) is 0 Å². The molecule has 0 saturated carbocycles. The molecule has 0 saturated heterocycles. The van der Waals surface area contributed by atoms with Gasteiger partial charge in [-0.25, -0.2) is 0 Å². The van der Waals surface area contributed by atoms with E-state index in [9.17, 15) is 0 Å². The Hall–Kier alpha value is -7.54. The first-order valence-corrected chi connectivity index (χ1v) is 20.2. The van der Waals surface area contributed by atoms with Crippen molar-refractivity contribution in [1.82, 2.24) is 0 Å². The average Bonchev–Trinajstić information content (AvgIpc) is 3.29. The van der Waals surface area contributed by atoms with Crippen LogP contribution in [0.1, 0.15) is 0 Å². The van der Waals surface area contributed by atoms with Gasteiger partial charge >= 0.3 is 0 Å². The largest absolute Gasteiger partial charge is 0.0622 e. The highest BCUT2D eigenvalue weighted by atomic mass is 14.2. The molecular formula is C58H36. The number of hydrogen-bond acceptors (Lipinski definition) is 0. The maximum atomic E-state index is 2.47. The first kappa shape index (κ1) is 32.7. The molecule has 0 radical (unpaired) electrons. The zero-order valence-corrected chi connectivity index (χ0v) is 31.8. The van der Waals surface area contributed by atoms with E-state index < -0.39 is 0 Å². The topological polar surface area (TPSA) is 0 Å². The minimum atomic E-state index is 1.24. The van der Waals surface area contributed by atoms with Crippen molar-refractivity contribution in [3.8, 4) is 44.5 Å². The Morgan fingerprint density at radius 1 is 0.172 bits per heavy atom. The fourth-order valence-electron chi connectivity index (χ4n) is 9.97. The summed E-state index contributed by atoms with van der Waals surface area (Å²) in [6.07, 6.45) is 0. The van der Waals surface area contributed by atoms with Crippen molar-refractivity contribution in [2.24, 2.45) is 0 Å². The molecule has 0 aliphatic heterocycles. The summed E-state index contributed by atoms with van der Waals surface area (Å²) in [6, 6.07) is 80.8. The second-order valence-corrected chi connectivity index (χ2v) is 15.5. The Balaban J connectivity index is 1.15. The van der Waals surface area contributed by atoms with Crippen LogP contribution in [0, 0.1) is 0 Å². The zero-order valence-electron chi connectivity index (χ0n) is 31.8. The van der Waals surface area contributed by atoms with Crippen LogP contribution < -0.4 is 0 Å². The molecule has 12 rings (SSSR count). The summed E-state index contributed by atoms with van der Waals surface area (Å²) in [7, 11) is 0. The van der Waals surface area contributed by atoms with Crippen LogP contribution >= 0.6 is 0 Å². The van der Waals surface area contributed by atoms with Gasteiger partial charge in [0.05, 0.1) is 0 Å². The van der Waals surface area contributed by atoms with Gasteiger partial charge in [-0.2, -0.15) is 0 Å². The van der Waals surface area contributed by atoms with Gasteiger partial charge in [0.25, 0.3) is 0 Å². The third-order valence-electron chi connectivity index (χ3n) is 12.4. The monoisotopic (exact) mass is 732 g/mol. The summed E-state index contributed by atoms with van der Waals surface area (Å²) in [5.74, 6) is 0. The molecular weight excluding hydrogens is 697 g/mol. The lowest BCUT2D eigenvalue weighted by atomic mass is 9.83. The Labute approximate surface area is 336 Å². The number of rotatable bonds is 4. The molecule has 0 bridgehead atoms.